The van der Waals surface area contributed by atoms with Crippen molar-refractivity contribution in [2.24, 2.45) is 0 Å². The number of carboxylic acids is 1. The van der Waals surface area contributed by atoms with Crippen LogP contribution in [0, 0.1) is 0 Å². The third-order valence-corrected chi connectivity index (χ3v) is 2.67. The molecule has 4 heteroatoms. The van der Waals surface area contributed by atoms with E-state index < -0.39 is 5.97 Å². The fourth-order valence-corrected chi connectivity index (χ4v) is 1.80. The Balaban J connectivity index is 2.75. The van der Waals surface area contributed by atoms with Gasteiger partial charge in [-0.2, -0.15) is 0 Å². The molecule has 0 atom stereocenters. The minimum Gasteiger partial charge on any atom is -0.494 e. The molecule has 100 valence electrons. The zero-order valence-electron chi connectivity index (χ0n) is 11.2. The Hall–Kier alpha value is -1.71. The second-order valence-corrected chi connectivity index (χ2v) is 4.36. The SMILES string of the molecule is CCOc1ccc(N(CCC(=O)O)C(C)C)cc1. The molecule has 0 aliphatic heterocycles. The molecule has 0 unspecified atom stereocenters. The van der Waals surface area contributed by atoms with Crippen LogP contribution in [0.4, 0.5) is 5.69 Å². The van der Waals surface area contributed by atoms with Gasteiger partial charge in [0.25, 0.3) is 0 Å². The van der Waals surface area contributed by atoms with Crippen molar-refractivity contribution in [1.82, 2.24) is 0 Å². The Morgan fingerprint density at radius 3 is 2.39 bits per heavy atom. The first-order chi connectivity index (χ1) is 8.54. The lowest BCUT2D eigenvalue weighted by Crippen LogP contribution is -2.32. The fraction of sp³-hybridized carbons (Fsp3) is 0.500. The summed E-state index contributed by atoms with van der Waals surface area (Å²) in [5, 5.41) is 8.76. The van der Waals surface area contributed by atoms with Crippen molar-refractivity contribution >= 4 is 11.7 Å². The fourth-order valence-electron chi connectivity index (χ4n) is 1.80. The summed E-state index contributed by atoms with van der Waals surface area (Å²) in [6.07, 6.45) is 0.144. The van der Waals surface area contributed by atoms with Gasteiger partial charge in [0.15, 0.2) is 0 Å². The molecule has 0 amide bonds. The number of hydrogen-bond donors (Lipinski definition) is 1. The van der Waals surface area contributed by atoms with Gasteiger partial charge in [-0.1, -0.05) is 0 Å². The largest absolute Gasteiger partial charge is 0.494 e. The first-order valence-corrected chi connectivity index (χ1v) is 6.26. The predicted octanol–water partition coefficient (Wildman–Crippen LogP) is 2.77. The van der Waals surface area contributed by atoms with Gasteiger partial charge in [-0.15, -0.1) is 0 Å². The Bertz CT molecular complexity index is 373. The maximum Gasteiger partial charge on any atom is 0.305 e. The summed E-state index contributed by atoms with van der Waals surface area (Å²) in [5.41, 5.74) is 1.02. The Kier molecular flexibility index (Phi) is 5.49. The average molecular weight is 251 g/mol. The Labute approximate surface area is 108 Å². The van der Waals surface area contributed by atoms with E-state index in [0.717, 1.165) is 11.4 Å². The van der Waals surface area contributed by atoms with E-state index in [4.69, 9.17) is 9.84 Å². The van der Waals surface area contributed by atoms with Gasteiger partial charge < -0.3 is 14.7 Å². The summed E-state index contributed by atoms with van der Waals surface area (Å²) in [6, 6.07) is 8.02. The smallest absolute Gasteiger partial charge is 0.305 e. The van der Waals surface area contributed by atoms with Gasteiger partial charge >= 0.3 is 5.97 Å². The minimum atomic E-state index is -0.772. The number of carbonyl (C=O) groups is 1. The van der Waals surface area contributed by atoms with E-state index >= 15 is 0 Å². The van der Waals surface area contributed by atoms with E-state index in [1.165, 1.54) is 0 Å². The lowest BCUT2D eigenvalue weighted by atomic mass is 10.2. The van der Waals surface area contributed by atoms with Crippen LogP contribution in [0.1, 0.15) is 27.2 Å². The summed E-state index contributed by atoms with van der Waals surface area (Å²) in [7, 11) is 0. The van der Waals surface area contributed by atoms with Crippen molar-refractivity contribution in [2.45, 2.75) is 33.2 Å². The van der Waals surface area contributed by atoms with Gasteiger partial charge in [0.2, 0.25) is 0 Å². The van der Waals surface area contributed by atoms with Gasteiger partial charge in [-0.05, 0) is 45.0 Å². The first-order valence-electron chi connectivity index (χ1n) is 6.26. The van der Waals surface area contributed by atoms with Crippen molar-refractivity contribution in [3.63, 3.8) is 0 Å². The summed E-state index contributed by atoms with van der Waals surface area (Å²) in [6.45, 7) is 7.21. The van der Waals surface area contributed by atoms with Gasteiger partial charge in [0, 0.05) is 18.3 Å². The quantitative estimate of drug-likeness (QED) is 0.809. The number of hydrogen-bond acceptors (Lipinski definition) is 3. The third kappa shape index (κ3) is 4.28. The molecule has 1 N–H and O–H groups in total. The van der Waals surface area contributed by atoms with Crippen LogP contribution in [-0.2, 0) is 4.79 Å². The van der Waals surface area contributed by atoms with Crippen molar-refractivity contribution in [2.75, 3.05) is 18.1 Å². The third-order valence-electron chi connectivity index (χ3n) is 2.67. The number of anilines is 1. The van der Waals surface area contributed by atoms with Gasteiger partial charge in [0.05, 0.1) is 13.0 Å². The van der Waals surface area contributed by atoms with Crippen LogP contribution in [-0.4, -0.2) is 30.3 Å². The zero-order chi connectivity index (χ0) is 13.5. The standard InChI is InChI=1S/C14H21NO3/c1-4-18-13-7-5-12(6-8-13)15(11(2)3)10-9-14(16)17/h5-8,11H,4,9-10H2,1-3H3,(H,16,17). The van der Waals surface area contributed by atoms with Crippen LogP contribution in [0.2, 0.25) is 0 Å². The Morgan fingerprint density at radius 1 is 1.33 bits per heavy atom. The van der Waals surface area contributed by atoms with E-state index in [2.05, 4.69) is 18.7 Å². The van der Waals surface area contributed by atoms with Crippen LogP contribution in [0.5, 0.6) is 5.75 Å². The molecule has 0 radical (unpaired) electrons. The van der Waals surface area contributed by atoms with Crippen molar-refractivity contribution in [3.05, 3.63) is 24.3 Å². The molecule has 0 aliphatic carbocycles. The van der Waals surface area contributed by atoms with Crippen molar-refractivity contribution in [3.8, 4) is 5.75 Å². The van der Waals surface area contributed by atoms with E-state index in [-0.39, 0.29) is 12.5 Å². The normalized spacial score (nSPS) is 10.4. The first kappa shape index (κ1) is 14.4. The highest BCUT2D eigenvalue weighted by molar-refractivity contribution is 5.67. The van der Waals surface area contributed by atoms with E-state index in [1.54, 1.807) is 0 Å². The van der Waals surface area contributed by atoms with Crippen LogP contribution in [0.25, 0.3) is 0 Å². The molecule has 0 fully saturated rings. The Morgan fingerprint density at radius 2 is 1.94 bits per heavy atom. The predicted molar refractivity (Wildman–Crippen MR) is 72.3 cm³/mol. The van der Waals surface area contributed by atoms with E-state index in [1.807, 2.05) is 31.2 Å². The van der Waals surface area contributed by atoms with Crippen LogP contribution in [0.3, 0.4) is 0 Å². The van der Waals surface area contributed by atoms with Crippen LogP contribution < -0.4 is 9.64 Å². The van der Waals surface area contributed by atoms with Crippen LogP contribution in [0.15, 0.2) is 24.3 Å². The molecule has 1 aromatic carbocycles. The lowest BCUT2D eigenvalue weighted by Gasteiger charge is -2.28. The number of aliphatic carboxylic acids is 1. The molecule has 1 aromatic rings. The summed E-state index contributed by atoms with van der Waals surface area (Å²) in [5.74, 6) is 0.0646. The average Bonchev–Trinajstić information content (AvgIpc) is 2.31. The lowest BCUT2D eigenvalue weighted by molar-refractivity contribution is -0.136. The molecule has 0 saturated heterocycles. The molecular weight excluding hydrogens is 230 g/mol. The molecular formula is C14H21NO3. The minimum absolute atomic E-state index is 0.144. The molecule has 0 heterocycles. The second-order valence-electron chi connectivity index (χ2n) is 4.36. The second kappa shape index (κ2) is 6.89. The van der Waals surface area contributed by atoms with Gasteiger partial charge in [-0.25, -0.2) is 0 Å². The molecule has 18 heavy (non-hydrogen) atoms. The topological polar surface area (TPSA) is 49.8 Å². The molecule has 1 rings (SSSR count). The number of ether oxygens (including phenoxy) is 1. The molecule has 0 spiro atoms. The number of carboxylic acid groups (broad SMARTS) is 1. The number of benzene rings is 1. The maximum atomic E-state index is 10.7. The van der Waals surface area contributed by atoms with E-state index in [0.29, 0.717) is 13.2 Å². The molecule has 0 saturated carbocycles. The molecule has 0 aromatic heterocycles. The highest BCUT2D eigenvalue weighted by Gasteiger charge is 2.12. The number of rotatable bonds is 7. The highest BCUT2D eigenvalue weighted by Crippen LogP contribution is 2.21. The van der Waals surface area contributed by atoms with Crippen LogP contribution >= 0.6 is 0 Å². The maximum absolute atomic E-state index is 10.7. The number of nitrogens with zero attached hydrogens (tertiary/aromatic N) is 1. The van der Waals surface area contributed by atoms with Gasteiger partial charge in [-0.3, -0.25) is 4.79 Å². The van der Waals surface area contributed by atoms with Crippen molar-refractivity contribution in [1.29, 1.82) is 0 Å². The molecule has 4 nitrogen and oxygen atoms in total. The van der Waals surface area contributed by atoms with E-state index in [9.17, 15) is 4.79 Å². The van der Waals surface area contributed by atoms with Crippen molar-refractivity contribution < 1.29 is 14.6 Å². The monoisotopic (exact) mass is 251 g/mol. The summed E-state index contributed by atoms with van der Waals surface area (Å²) in [4.78, 5) is 12.7. The molecule has 0 bridgehead atoms. The zero-order valence-corrected chi connectivity index (χ0v) is 11.2. The summed E-state index contributed by atoms with van der Waals surface area (Å²) < 4.78 is 5.39. The molecule has 0 aliphatic rings. The summed E-state index contributed by atoms with van der Waals surface area (Å²) >= 11 is 0. The highest BCUT2D eigenvalue weighted by atomic mass is 16.5. The van der Waals surface area contributed by atoms with Gasteiger partial charge in [0.1, 0.15) is 5.75 Å².